The standard InChI is InChI=1S/C20H20F2N6O3/c1-10(21)15-6-25-16(7-24-15)17(29)26-11-3-4-14(22)12(5-11)20-9-31-8-13(20)18(30)28(2)19(23)27-20/h3-7,10,13H,8-9H2,1-2H3,(H2,23,27)(H,26,29). The number of nitrogens with two attached hydrogens (primary N) is 1. The Balaban J connectivity index is 1.66. The molecule has 1 fully saturated rings. The molecular formula is C20H20F2N6O3. The number of nitrogens with one attached hydrogen (secondary N) is 1. The van der Waals surface area contributed by atoms with Crippen molar-refractivity contribution in [3.8, 4) is 0 Å². The van der Waals surface area contributed by atoms with Crippen LogP contribution in [0.2, 0.25) is 0 Å². The SMILES string of the molecule is CC(F)c1cnc(C(=O)Nc2ccc(F)c(C34COCC3C(=O)N(C)C(N)=N4)c2)cn1. The molecule has 3 heterocycles. The van der Waals surface area contributed by atoms with Gasteiger partial charge in [-0.15, -0.1) is 0 Å². The van der Waals surface area contributed by atoms with Crippen molar-refractivity contribution in [2.75, 3.05) is 25.6 Å². The van der Waals surface area contributed by atoms with Gasteiger partial charge in [0.2, 0.25) is 5.91 Å². The third-order valence-corrected chi connectivity index (χ3v) is 5.47. The van der Waals surface area contributed by atoms with Gasteiger partial charge in [-0.25, -0.2) is 18.8 Å². The van der Waals surface area contributed by atoms with Crippen LogP contribution in [0.1, 0.15) is 34.8 Å². The average molecular weight is 430 g/mol. The zero-order valence-corrected chi connectivity index (χ0v) is 16.8. The number of rotatable bonds is 4. The summed E-state index contributed by atoms with van der Waals surface area (Å²) >= 11 is 0. The Morgan fingerprint density at radius 2 is 2.16 bits per heavy atom. The zero-order chi connectivity index (χ0) is 22.3. The second-order valence-corrected chi connectivity index (χ2v) is 7.45. The van der Waals surface area contributed by atoms with Crippen LogP contribution in [-0.4, -0.2) is 52.9 Å². The van der Waals surface area contributed by atoms with Crippen LogP contribution in [0.15, 0.2) is 35.6 Å². The summed E-state index contributed by atoms with van der Waals surface area (Å²) in [6.07, 6.45) is 1.03. The molecule has 1 saturated heterocycles. The molecule has 162 valence electrons. The number of carbonyl (C=O) groups is 2. The fraction of sp³-hybridized carbons (Fsp3) is 0.350. The van der Waals surface area contributed by atoms with E-state index in [-0.39, 0.29) is 47.7 Å². The van der Waals surface area contributed by atoms with Crippen molar-refractivity contribution in [1.29, 1.82) is 0 Å². The molecule has 3 atom stereocenters. The molecule has 1 aromatic heterocycles. The van der Waals surface area contributed by atoms with Gasteiger partial charge in [0, 0.05) is 18.3 Å². The monoisotopic (exact) mass is 430 g/mol. The van der Waals surface area contributed by atoms with Gasteiger partial charge >= 0.3 is 0 Å². The molecule has 4 rings (SSSR count). The van der Waals surface area contributed by atoms with Crippen LogP contribution >= 0.6 is 0 Å². The van der Waals surface area contributed by atoms with Gasteiger partial charge in [-0.05, 0) is 25.1 Å². The summed E-state index contributed by atoms with van der Waals surface area (Å²) in [5, 5.41) is 2.60. The molecule has 0 aliphatic carbocycles. The summed E-state index contributed by atoms with van der Waals surface area (Å²) in [5.41, 5.74) is 4.98. The van der Waals surface area contributed by atoms with Gasteiger partial charge < -0.3 is 15.8 Å². The molecule has 1 aromatic carbocycles. The second-order valence-electron chi connectivity index (χ2n) is 7.45. The van der Waals surface area contributed by atoms with E-state index in [1.807, 2.05) is 0 Å². The van der Waals surface area contributed by atoms with E-state index in [9.17, 15) is 18.4 Å². The van der Waals surface area contributed by atoms with Gasteiger partial charge in [0.15, 0.2) is 5.96 Å². The summed E-state index contributed by atoms with van der Waals surface area (Å²) in [7, 11) is 1.49. The molecule has 3 unspecified atom stereocenters. The number of amides is 2. The third kappa shape index (κ3) is 3.50. The minimum absolute atomic E-state index is 0.0272. The van der Waals surface area contributed by atoms with Crippen molar-refractivity contribution in [2.24, 2.45) is 16.6 Å². The first kappa shape index (κ1) is 20.8. The van der Waals surface area contributed by atoms with E-state index < -0.39 is 29.4 Å². The third-order valence-electron chi connectivity index (χ3n) is 5.47. The number of halogens is 2. The number of benzene rings is 1. The molecule has 2 aliphatic rings. The quantitative estimate of drug-likeness (QED) is 0.758. The van der Waals surface area contributed by atoms with Crippen molar-refractivity contribution < 1.29 is 23.1 Å². The van der Waals surface area contributed by atoms with Gasteiger partial charge in [0.1, 0.15) is 23.2 Å². The Morgan fingerprint density at radius 1 is 1.39 bits per heavy atom. The van der Waals surface area contributed by atoms with Gasteiger partial charge in [-0.1, -0.05) is 0 Å². The molecular weight excluding hydrogens is 410 g/mol. The van der Waals surface area contributed by atoms with E-state index in [1.165, 1.54) is 43.3 Å². The molecule has 0 bridgehead atoms. The number of alkyl halides is 1. The summed E-state index contributed by atoms with van der Waals surface area (Å²) in [6, 6.07) is 3.94. The van der Waals surface area contributed by atoms with E-state index >= 15 is 0 Å². The lowest BCUT2D eigenvalue weighted by Crippen LogP contribution is -2.54. The number of hydrogen-bond acceptors (Lipinski definition) is 7. The predicted molar refractivity (Wildman–Crippen MR) is 106 cm³/mol. The number of guanidine groups is 1. The van der Waals surface area contributed by atoms with E-state index in [4.69, 9.17) is 10.5 Å². The number of aromatic nitrogens is 2. The van der Waals surface area contributed by atoms with Crippen LogP contribution in [0, 0.1) is 11.7 Å². The second kappa shape index (κ2) is 7.65. The molecule has 0 saturated carbocycles. The molecule has 9 nitrogen and oxygen atoms in total. The highest BCUT2D eigenvalue weighted by Gasteiger charge is 2.54. The number of hydrogen-bond donors (Lipinski definition) is 2. The minimum Gasteiger partial charge on any atom is -0.378 e. The average Bonchev–Trinajstić information content (AvgIpc) is 3.18. The number of aliphatic imine (C=N–C) groups is 1. The maximum atomic E-state index is 14.9. The molecule has 3 N–H and O–H groups in total. The van der Waals surface area contributed by atoms with Crippen LogP contribution in [0.4, 0.5) is 14.5 Å². The van der Waals surface area contributed by atoms with Gasteiger partial charge in [-0.3, -0.25) is 19.5 Å². The van der Waals surface area contributed by atoms with Crippen molar-refractivity contribution in [1.82, 2.24) is 14.9 Å². The summed E-state index contributed by atoms with van der Waals surface area (Å²) < 4.78 is 33.6. The summed E-state index contributed by atoms with van der Waals surface area (Å²) in [4.78, 5) is 38.6. The van der Waals surface area contributed by atoms with Crippen LogP contribution in [-0.2, 0) is 15.1 Å². The number of ether oxygens (including phenoxy) is 1. The van der Waals surface area contributed by atoms with E-state index in [0.29, 0.717) is 0 Å². The molecule has 0 spiro atoms. The first-order chi connectivity index (χ1) is 14.7. The van der Waals surface area contributed by atoms with E-state index in [0.717, 1.165) is 6.20 Å². The van der Waals surface area contributed by atoms with Crippen LogP contribution in [0.25, 0.3) is 0 Å². The Hall–Kier alpha value is -3.47. The number of nitrogens with zero attached hydrogens (tertiary/aromatic N) is 4. The van der Waals surface area contributed by atoms with E-state index in [1.54, 1.807) is 0 Å². The first-order valence-corrected chi connectivity index (χ1v) is 9.51. The lowest BCUT2D eigenvalue weighted by molar-refractivity contribution is -0.133. The van der Waals surface area contributed by atoms with Crippen LogP contribution in [0.5, 0.6) is 0 Å². The predicted octanol–water partition coefficient (Wildman–Crippen LogP) is 1.53. The fourth-order valence-electron chi connectivity index (χ4n) is 3.70. The normalized spacial score (nSPS) is 23.9. The molecule has 2 amide bonds. The Kier molecular flexibility index (Phi) is 5.13. The molecule has 0 radical (unpaired) electrons. The van der Waals surface area contributed by atoms with Gasteiger partial charge in [0.25, 0.3) is 5.91 Å². The lowest BCUT2D eigenvalue weighted by atomic mass is 9.78. The maximum Gasteiger partial charge on any atom is 0.275 e. The number of anilines is 1. The molecule has 2 aromatic rings. The summed E-state index contributed by atoms with van der Waals surface area (Å²) in [5.74, 6) is -2.33. The van der Waals surface area contributed by atoms with Crippen molar-refractivity contribution in [3.63, 3.8) is 0 Å². The minimum atomic E-state index is -1.32. The van der Waals surface area contributed by atoms with Crippen molar-refractivity contribution >= 4 is 23.5 Å². The Labute approximate surface area is 176 Å². The maximum absolute atomic E-state index is 14.9. The van der Waals surface area contributed by atoms with Crippen LogP contribution in [0.3, 0.4) is 0 Å². The van der Waals surface area contributed by atoms with E-state index in [2.05, 4.69) is 20.3 Å². The molecule has 2 aliphatic heterocycles. The van der Waals surface area contributed by atoms with Crippen LogP contribution < -0.4 is 11.1 Å². The number of carbonyl (C=O) groups excluding carboxylic acids is 2. The smallest absolute Gasteiger partial charge is 0.275 e. The Morgan fingerprint density at radius 3 is 2.84 bits per heavy atom. The fourth-order valence-corrected chi connectivity index (χ4v) is 3.70. The zero-order valence-electron chi connectivity index (χ0n) is 16.8. The Bertz CT molecular complexity index is 1080. The van der Waals surface area contributed by atoms with Gasteiger partial charge in [0.05, 0.1) is 37.2 Å². The van der Waals surface area contributed by atoms with Crippen molar-refractivity contribution in [3.05, 3.63) is 53.4 Å². The highest BCUT2D eigenvalue weighted by molar-refractivity contribution is 6.03. The molecule has 11 heteroatoms. The van der Waals surface area contributed by atoms with Crippen molar-refractivity contribution in [2.45, 2.75) is 18.6 Å². The van der Waals surface area contributed by atoms with Gasteiger partial charge in [-0.2, -0.15) is 0 Å². The lowest BCUT2D eigenvalue weighted by Gasteiger charge is -2.37. The largest absolute Gasteiger partial charge is 0.378 e. The first-order valence-electron chi connectivity index (χ1n) is 9.51. The number of fused-ring (bicyclic) bond motifs is 1. The topological polar surface area (TPSA) is 123 Å². The molecule has 31 heavy (non-hydrogen) atoms. The highest BCUT2D eigenvalue weighted by Crippen LogP contribution is 2.44. The summed E-state index contributed by atoms with van der Waals surface area (Å²) in [6.45, 7) is 1.36. The highest BCUT2D eigenvalue weighted by atomic mass is 19.1.